The van der Waals surface area contributed by atoms with Gasteiger partial charge in [0.25, 0.3) is 0 Å². The van der Waals surface area contributed by atoms with Gasteiger partial charge < -0.3 is 15.6 Å². The van der Waals surface area contributed by atoms with Crippen molar-refractivity contribution in [2.75, 3.05) is 5.73 Å². The number of rotatable bonds is 4. The summed E-state index contributed by atoms with van der Waals surface area (Å²) in [5, 5.41) is 12.0. The van der Waals surface area contributed by atoms with Gasteiger partial charge in [-0.15, -0.1) is 5.10 Å². The normalized spacial score (nSPS) is 19.8. The van der Waals surface area contributed by atoms with Gasteiger partial charge in [0.15, 0.2) is 0 Å². The summed E-state index contributed by atoms with van der Waals surface area (Å²) in [5.74, 6) is -0.0508. The van der Waals surface area contributed by atoms with Crippen molar-refractivity contribution < 1.29 is 9.18 Å². The Morgan fingerprint density at radius 3 is 2.83 bits per heavy atom. The van der Waals surface area contributed by atoms with Crippen LogP contribution in [0.15, 0.2) is 48.9 Å². The van der Waals surface area contributed by atoms with Gasteiger partial charge >= 0.3 is 0 Å². The molecule has 2 aliphatic rings. The molecule has 12 heteroatoms. The first kappa shape index (κ1) is 22.4. The van der Waals surface area contributed by atoms with E-state index in [0.717, 1.165) is 36.1 Å². The van der Waals surface area contributed by atoms with E-state index in [2.05, 4.69) is 30.5 Å². The number of imidazole rings is 1. The van der Waals surface area contributed by atoms with E-state index in [-0.39, 0.29) is 29.4 Å². The third-order valence-corrected chi connectivity index (χ3v) is 7.01. The highest BCUT2D eigenvalue weighted by Crippen LogP contribution is 2.41. The molecule has 5 heterocycles. The zero-order valence-electron chi connectivity index (χ0n) is 19.0. The Kier molecular flexibility index (Phi) is 5.48. The summed E-state index contributed by atoms with van der Waals surface area (Å²) >= 11 is 6.31. The van der Waals surface area contributed by atoms with Crippen LogP contribution < -0.4 is 5.73 Å². The summed E-state index contributed by atoms with van der Waals surface area (Å²) in [6.07, 6.45) is 7.84. The molecule has 2 atom stereocenters. The lowest BCUT2D eigenvalue weighted by Crippen LogP contribution is -2.35. The Labute approximate surface area is 210 Å². The summed E-state index contributed by atoms with van der Waals surface area (Å²) in [7, 11) is 0. The van der Waals surface area contributed by atoms with Crippen molar-refractivity contribution in [3.8, 4) is 16.9 Å². The number of nitrogen functional groups attached to an aromatic ring is 1. The van der Waals surface area contributed by atoms with Gasteiger partial charge in [-0.2, -0.15) is 9.07 Å². The Morgan fingerprint density at radius 1 is 1.14 bits per heavy atom. The van der Waals surface area contributed by atoms with E-state index < -0.39 is 5.95 Å². The number of pyridine rings is 1. The number of hydrogen-bond donors (Lipinski definition) is 2. The van der Waals surface area contributed by atoms with E-state index in [1.807, 2.05) is 17.0 Å². The third kappa shape index (κ3) is 3.91. The number of H-pyrrole nitrogens is 1. The molecule has 0 aliphatic carbocycles. The Hall–Kier alpha value is -4.12. The van der Waals surface area contributed by atoms with Crippen molar-refractivity contribution in [2.45, 2.75) is 37.8 Å². The molecule has 0 spiro atoms. The van der Waals surface area contributed by atoms with Crippen LogP contribution in [-0.2, 0) is 4.79 Å². The number of carbonyl (C=O) groups excluding carboxylic acids is 1. The number of benzene rings is 1. The first-order valence-corrected chi connectivity index (χ1v) is 11.9. The molecule has 1 saturated heterocycles. The number of nitrogens with two attached hydrogens (primary N) is 1. The van der Waals surface area contributed by atoms with Crippen LogP contribution in [0.4, 0.5) is 10.2 Å². The molecule has 3 N–H and O–H groups in total. The molecule has 0 bridgehead atoms. The molecule has 0 saturated carbocycles. The van der Waals surface area contributed by atoms with Crippen LogP contribution in [0.5, 0.6) is 0 Å². The average Bonchev–Trinajstić information content (AvgIpc) is 3.61. The minimum Gasteiger partial charge on any atom is -0.384 e. The Morgan fingerprint density at radius 2 is 2.03 bits per heavy atom. The summed E-state index contributed by atoms with van der Waals surface area (Å²) in [6, 6.07) is 8.36. The van der Waals surface area contributed by atoms with Crippen molar-refractivity contribution in [1.29, 1.82) is 0 Å². The molecular formula is C24H21ClFN9O. The number of carbonyl (C=O) groups is 1. The van der Waals surface area contributed by atoms with Gasteiger partial charge in [-0.1, -0.05) is 11.6 Å². The highest BCUT2D eigenvalue weighted by Gasteiger charge is 2.40. The average molecular weight is 506 g/mol. The Balaban J connectivity index is 1.32. The van der Waals surface area contributed by atoms with Gasteiger partial charge in [-0.05, 0) is 72.0 Å². The number of nitrogens with one attached hydrogen (secondary N) is 1. The monoisotopic (exact) mass is 505 g/mol. The molecule has 0 unspecified atom stereocenters. The van der Waals surface area contributed by atoms with Crippen molar-refractivity contribution in [3.05, 3.63) is 71.3 Å². The molecule has 6 rings (SSSR count). The summed E-state index contributed by atoms with van der Waals surface area (Å²) < 4.78 is 15.9. The summed E-state index contributed by atoms with van der Waals surface area (Å²) in [4.78, 5) is 26.8. The number of hydrogen-bond acceptors (Lipinski definition) is 7. The van der Waals surface area contributed by atoms with Gasteiger partial charge in [0.2, 0.25) is 11.9 Å². The molecule has 182 valence electrons. The van der Waals surface area contributed by atoms with Crippen molar-refractivity contribution in [3.63, 3.8) is 0 Å². The highest BCUT2D eigenvalue weighted by atomic mass is 35.5. The zero-order chi connectivity index (χ0) is 24.8. The number of fused-ring (bicyclic) bond motifs is 1. The fourth-order valence-corrected chi connectivity index (χ4v) is 5.30. The van der Waals surface area contributed by atoms with Gasteiger partial charge in [-0.25, -0.2) is 9.97 Å². The number of allylic oxidation sites excluding steroid dienone is 1. The molecule has 2 aliphatic heterocycles. The predicted octanol–water partition coefficient (Wildman–Crippen LogP) is 3.73. The van der Waals surface area contributed by atoms with Crippen LogP contribution in [0.2, 0.25) is 5.02 Å². The van der Waals surface area contributed by atoms with E-state index in [0.29, 0.717) is 23.0 Å². The van der Waals surface area contributed by atoms with Crippen molar-refractivity contribution in [1.82, 2.24) is 40.1 Å². The number of halogens is 2. The second-order valence-corrected chi connectivity index (χ2v) is 9.31. The first-order valence-electron chi connectivity index (χ1n) is 11.5. The number of nitrogens with zero attached hydrogens (tertiary/aromatic N) is 7. The van der Waals surface area contributed by atoms with E-state index in [9.17, 15) is 9.18 Å². The lowest BCUT2D eigenvalue weighted by atomic mass is 9.97. The molecule has 1 fully saturated rings. The fourth-order valence-electron chi connectivity index (χ4n) is 5.13. The molecule has 3 aromatic heterocycles. The first-order chi connectivity index (χ1) is 17.5. The third-order valence-electron chi connectivity index (χ3n) is 6.77. The minimum atomic E-state index is -0.673. The van der Waals surface area contributed by atoms with Crippen LogP contribution in [-0.4, -0.2) is 52.0 Å². The van der Waals surface area contributed by atoms with Crippen molar-refractivity contribution in [2.24, 2.45) is 0 Å². The second-order valence-electron chi connectivity index (χ2n) is 8.87. The van der Waals surface area contributed by atoms with Gasteiger partial charge in [0.05, 0.1) is 29.2 Å². The molecular weight excluding hydrogens is 485 g/mol. The van der Waals surface area contributed by atoms with Crippen LogP contribution >= 0.6 is 11.6 Å². The quantitative estimate of drug-likeness (QED) is 0.404. The molecule has 0 radical (unpaired) electrons. The largest absolute Gasteiger partial charge is 0.384 e. The van der Waals surface area contributed by atoms with Gasteiger partial charge in [0.1, 0.15) is 18.0 Å². The van der Waals surface area contributed by atoms with E-state index in [1.54, 1.807) is 29.1 Å². The topological polar surface area (TPSA) is 132 Å². The van der Waals surface area contributed by atoms with Crippen LogP contribution in [0, 0.1) is 5.95 Å². The minimum absolute atomic E-state index is 0.0652. The number of aromatic amines is 1. The van der Waals surface area contributed by atoms with E-state index in [1.165, 1.54) is 12.4 Å². The highest BCUT2D eigenvalue weighted by molar-refractivity contribution is 6.30. The van der Waals surface area contributed by atoms with Crippen LogP contribution in [0.3, 0.4) is 0 Å². The van der Waals surface area contributed by atoms with Crippen molar-refractivity contribution >= 4 is 28.9 Å². The molecule has 10 nitrogen and oxygen atoms in total. The maximum absolute atomic E-state index is 14.3. The number of tetrazole rings is 1. The second kappa shape index (κ2) is 8.83. The zero-order valence-corrected chi connectivity index (χ0v) is 19.7. The number of amides is 1. The van der Waals surface area contributed by atoms with E-state index >= 15 is 0 Å². The smallest absolute Gasteiger partial charge is 0.247 e. The SMILES string of the molecule is Nc1ccc(-c2cnc([C@@H]3CC[C@@H]4CCC(c5cc(Cl)ccc5-n5cnnn5)=CC(=O)N43)[nH]2)c(F)n1. The predicted molar refractivity (Wildman–Crippen MR) is 130 cm³/mol. The lowest BCUT2D eigenvalue weighted by molar-refractivity contribution is -0.128. The summed E-state index contributed by atoms with van der Waals surface area (Å²) in [6.45, 7) is 0. The van der Waals surface area contributed by atoms with Crippen LogP contribution in [0.25, 0.3) is 22.5 Å². The lowest BCUT2D eigenvalue weighted by Gasteiger charge is -2.27. The maximum atomic E-state index is 14.3. The maximum Gasteiger partial charge on any atom is 0.247 e. The van der Waals surface area contributed by atoms with E-state index in [4.69, 9.17) is 17.3 Å². The number of aromatic nitrogens is 7. The van der Waals surface area contributed by atoms with Gasteiger partial charge in [-0.3, -0.25) is 4.79 Å². The Bertz CT molecular complexity index is 1480. The van der Waals surface area contributed by atoms with Gasteiger partial charge in [0, 0.05) is 22.7 Å². The molecule has 1 amide bonds. The summed E-state index contributed by atoms with van der Waals surface area (Å²) in [5.41, 5.74) is 8.76. The van der Waals surface area contributed by atoms with Crippen LogP contribution in [0.1, 0.15) is 43.1 Å². The molecule has 36 heavy (non-hydrogen) atoms. The fraction of sp³-hybridized carbons (Fsp3) is 0.250. The standard InChI is InChI=1S/C24H21ClFN9O/c25-14-2-6-19(34-12-29-32-33-34)17(10-14)13-1-3-15-4-7-20(35(15)22(36)9-13)24-28-11-18(30-24)16-5-8-21(27)31-23(16)26/h2,5-6,8-12,15,20H,1,3-4,7H2,(H2,27,31)(H,28,30)/t15-,20-/m0/s1. The molecule has 4 aromatic rings. The molecule has 1 aromatic carbocycles. The number of anilines is 1.